The van der Waals surface area contributed by atoms with Gasteiger partial charge in [-0.2, -0.15) is 0 Å². The lowest BCUT2D eigenvalue weighted by atomic mass is 9.98. The fraction of sp³-hybridized carbons (Fsp3) is 0.818. The van der Waals surface area contributed by atoms with Crippen LogP contribution in [0.2, 0.25) is 0 Å². The molecule has 0 aromatic rings. The second-order valence-corrected chi connectivity index (χ2v) is 15.0. The smallest absolute Gasteiger partial charge is 0.169 e. The van der Waals surface area contributed by atoms with Gasteiger partial charge in [0.1, 0.15) is 0 Å². The molecule has 0 aromatic heterocycles. The number of fused-ring (bicyclic) bond motifs is 1. The Bertz CT molecular complexity index is 763. The fourth-order valence-electron chi connectivity index (χ4n) is 7.31. The minimum Gasteiger partial charge on any atom is -0.344 e. The van der Waals surface area contributed by atoms with Crippen LogP contribution in [0, 0.1) is 0 Å². The lowest BCUT2D eigenvalue weighted by Gasteiger charge is -2.31. The van der Waals surface area contributed by atoms with Crippen LogP contribution in [-0.2, 0) is 9.47 Å². The van der Waals surface area contributed by atoms with Crippen molar-refractivity contribution in [3.8, 4) is 0 Å². The van der Waals surface area contributed by atoms with Crippen LogP contribution >= 0.6 is 0 Å². The second kappa shape index (κ2) is 28.7. The third-order valence-corrected chi connectivity index (χ3v) is 10.4. The molecule has 0 N–H and O–H groups in total. The summed E-state index contributed by atoms with van der Waals surface area (Å²) >= 11 is 0. The molecule has 1 saturated heterocycles. The van der Waals surface area contributed by atoms with E-state index in [1.165, 1.54) is 141 Å². The number of hydrogen-bond acceptors (Lipinski definition) is 3. The van der Waals surface area contributed by atoms with Gasteiger partial charge in [-0.05, 0) is 104 Å². The first kappa shape index (κ1) is 42.0. The molecule has 2 rings (SSSR count). The van der Waals surface area contributed by atoms with Gasteiger partial charge < -0.3 is 14.4 Å². The van der Waals surface area contributed by atoms with Gasteiger partial charge in [0.25, 0.3) is 0 Å². The van der Waals surface area contributed by atoms with Gasteiger partial charge in [-0.1, -0.05) is 140 Å². The van der Waals surface area contributed by atoms with Crippen molar-refractivity contribution in [2.24, 2.45) is 0 Å². The quantitative estimate of drug-likeness (QED) is 0.0549. The zero-order chi connectivity index (χ0) is 33.7. The largest absolute Gasteiger partial charge is 0.344 e. The van der Waals surface area contributed by atoms with E-state index in [1.54, 1.807) is 0 Å². The number of hydrogen-bond donors (Lipinski definition) is 0. The molecule has 0 amide bonds. The molecule has 1 aliphatic heterocycles. The summed E-state index contributed by atoms with van der Waals surface area (Å²) in [5, 5.41) is 0. The van der Waals surface area contributed by atoms with Crippen LogP contribution in [0.25, 0.3) is 0 Å². The van der Waals surface area contributed by atoms with E-state index in [1.807, 2.05) is 0 Å². The van der Waals surface area contributed by atoms with E-state index in [9.17, 15) is 0 Å². The number of allylic oxidation sites excluding steroid dienone is 8. The first-order chi connectivity index (χ1) is 23.1. The van der Waals surface area contributed by atoms with Crippen LogP contribution in [0.5, 0.6) is 0 Å². The molecule has 47 heavy (non-hydrogen) atoms. The van der Waals surface area contributed by atoms with Crippen LogP contribution < -0.4 is 0 Å². The highest BCUT2D eigenvalue weighted by molar-refractivity contribution is 4.97. The molecule has 3 nitrogen and oxygen atoms in total. The van der Waals surface area contributed by atoms with Gasteiger partial charge in [0.05, 0.1) is 12.2 Å². The highest BCUT2D eigenvalue weighted by atomic mass is 16.8. The second-order valence-electron chi connectivity index (χ2n) is 15.0. The molecule has 0 spiro atoms. The summed E-state index contributed by atoms with van der Waals surface area (Å²) in [5.41, 5.74) is 0. The van der Waals surface area contributed by atoms with Gasteiger partial charge in [0.15, 0.2) is 5.79 Å². The molecule has 0 bridgehead atoms. The molecule has 1 aliphatic carbocycles. The van der Waals surface area contributed by atoms with Crippen LogP contribution in [0.4, 0.5) is 0 Å². The molecule has 1 saturated carbocycles. The molecular weight excluding hydrogens is 574 g/mol. The molecule has 1 heterocycles. The normalized spacial score (nSPS) is 23.2. The standard InChI is InChI=1S/C44H79NO2/c1-5-7-9-11-13-15-17-19-21-23-25-27-29-31-33-35-37-44(46-42-39-41(45(3)4)40-43(42)47-44)38-36-34-32-30-28-26-24-22-20-18-16-14-12-10-8-6-2/h13-16,19-22,41-43H,5-12,17-18,23-40H2,1-4H3. The van der Waals surface area contributed by atoms with E-state index in [2.05, 4.69) is 81.5 Å². The molecule has 2 aliphatic rings. The van der Waals surface area contributed by atoms with Crippen molar-refractivity contribution in [1.82, 2.24) is 4.90 Å². The summed E-state index contributed by atoms with van der Waals surface area (Å²) < 4.78 is 13.7. The molecule has 3 heteroatoms. The van der Waals surface area contributed by atoms with Gasteiger partial charge in [0.2, 0.25) is 0 Å². The highest BCUT2D eigenvalue weighted by Gasteiger charge is 2.51. The third-order valence-electron chi connectivity index (χ3n) is 10.4. The molecule has 2 fully saturated rings. The van der Waals surface area contributed by atoms with Gasteiger partial charge in [-0.15, -0.1) is 0 Å². The van der Waals surface area contributed by atoms with Crippen molar-refractivity contribution in [3.05, 3.63) is 48.6 Å². The maximum absolute atomic E-state index is 6.83. The van der Waals surface area contributed by atoms with E-state index >= 15 is 0 Å². The molecule has 2 unspecified atom stereocenters. The first-order valence-corrected chi connectivity index (χ1v) is 20.7. The van der Waals surface area contributed by atoms with E-state index in [4.69, 9.17) is 9.47 Å². The minimum atomic E-state index is -0.308. The van der Waals surface area contributed by atoms with Gasteiger partial charge in [-0.25, -0.2) is 0 Å². The average molecular weight is 654 g/mol. The molecule has 0 aromatic carbocycles. The van der Waals surface area contributed by atoms with E-state index in [-0.39, 0.29) is 5.79 Å². The van der Waals surface area contributed by atoms with E-state index in [0.29, 0.717) is 18.2 Å². The Morgan fingerprint density at radius 1 is 0.468 bits per heavy atom. The molecule has 272 valence electrons. The Morgan fingerprint density at radius 3 is 1.17 bits per heavy atom. The number of unbranched alkanes of at least 4 members (excludes halogenated alkanes) is 18. The van der Waals surface area contributed by atoms with Crippen molar-refractivity contribution >= 4 is 0 Å². The average Bonchev–Trinajstić information content (AvgIpc) is 3.61. The summed E-state index contributed by atoms with van der Waals surface area (Å²) in [5.74, 6) is -0.308. The summed E-state index contributed by atoms with van der Waals surface area (Å²) in [7, 11) is 4.40. The van der Waals surface area contributed by atoms with Crippen LogP contribution in [-0.4, -0.2) is 43.0 Å². The number of ether oxygens (including phenoxy) is 2. The topological polar surface area (TPSA) is 21.7 Å². The predicted molar refractivity (Wildman–Crippen MR) is 207 cm³/mol. The highest BCUT2D eigenvalue weighted by Crippen LogP contribution is 2.44. The lowest BCUT2D eigenvalue weighted by Crippen LogP contribution is -2.34. The van der Waals surface area contributed by atoms with Crippen molar-refractivity contribution in [2.75, 3.05) is 14.1 Å². The number of nitrogens with zero attached hydrogens (tertiary/aromatic N) is 1. The van der Waals surface area contributed by atoms with Crippen LogP contribution in [0.3, 0.4) is 0 Å². The Balaban J connectivity index is 1.55. The summed E-state index contributed by atoms with van der Waals surface area (Å²) in [6.45, 7) is 4.54. The predicted octanol–water partition coefficient (Wildman–Crippen LogP) is 13.6. The van der Waals surface area contributed by atoms with Crippen molar-refractivity contribution in [1.29, 1.82) is 0 Å². The Labute approximate surface area is 294 Å². The fourth-order valence-corrected chi connectivity index (χ4v) is 7.31. The first-order valence-electron chi connectivity index (χ1n) is 20.7. The van der Waals surface area contributed by atoms with Crippen molar-refractivity contribution < 1.29 is 9.47 Å². The Morgan fingerprint density at radius 2 is 0.809 bits per heavy atom. The Kier molecular flexibility index (Phi) is 25.6. The summed E-state index contributed by atoms with van der Waals surface area (Å²) in [6, 6.07) is 0.603. The maximum atomic E-state index is 6.83. The van der Waals surface area contributed by atoms with Crippen molar-refractivity contribution in [2.45, 2.75) is 218 Å². The summed E-state index contributed by atoms with van der Waals surface area (Å²) in [4.78, 5) is 2.36. The Hall–Kier alpha value is -1.16. The van der Waals surface area contributed by atoms with Crippen LogP contribution in [0.15, 0.2) is 48.6 Å². The maximum Gasteiger partial charge on any atom is 0.169 e. The zero-order valence-electron chi connectivity index (χ0n) is 31.9. The van der Waals surface area contributed by atoms with Gasteiger partial charge >= 0.3 is 0 Å². The van der Waals surface area contributed by atoms with Crippen LogP contribution in [0.1, 0.15) is 194 Å². The SMILES string of the molecule is CCCCCC=CCC=CCCCCCCCCC1(CCCCCCCCC=CCC=CCCCCC)OC2CC(N(C)C)CC2O1. The minimum absolute atomic E-state index is 0.302. The van der Waals surface area contributed by atoms with Gasteiger partial charge in [0, 0.05) is 18.9 Å². The van der Waals surface area contributed by atoms with Crippen molar-refractivity contribution in [3.63, 3.8) is 0 Å². The lowest BCUT2D eigenvalue weighted by molar-refractivity contribution is -0.193. The van der Waals surface area contributed by atoms with E-state index < -0.39 is 0 Å². The number of rotatable bonds is 31. The van der Waals surface area contributed by atoms with Gasteiger partial charge in [-0.3, -0.25) is 0 Å². The molecular formula is C44H79NO2. The summed E-state index contributed by atoms with van der Waals surface area (Å²) in [6.07, 6.45) is 55.0. The molecule has 0 radical (unpaired) electrons. The monoisotopic (exact) mass is 654 g/mol. The molecule has 2 atom stereocenters. The van der Waals surface area contributed by atoms with E-state index in [0.717, 1.165) is 38.5 Å². The third kappa shape index (κ3) is 20.8. The zero-order valence-corrected chi connectivity index (χ0v) is 31.9.